The zero-order valence-corrected chi connectivity index (χ0v) is 20.2. The maximum absolute atomic E-state index is 12.7. The minimum Gasteiger partial charge on any atom is -0.322 e. The minimum absolute atomic E-state index is 0.298. The van der Waals surface area contributed by atoms with E-state index in [0.717, 1.165) is 38.4 Å². The summed E-state index contributed by atoms with van der Waals surface area (Å²) >= 11 is 12.2. The van der Waals surface area contributed by atoms with Crippen LogP contribution >= 0.6 is 23.2 Å². The predicted molar refractivity (Wildman–Crippen MR) is 136 cm³/mol. The van der Waals surface area contributed by atoms with Gasteiger partial charge in [-0.15, -0.1) is 0 Å². The third-order valence-electron chi connectivity index (χ3n) is 5.63. The van der Waals surface area contributed by atoms with Crippen LogP contribution in [0.1, 0.15) is 26.4 Å². The number of likely N-dealkylation sites (N-methyl/N-ethyl adjacent to an activating group) is 1. The number of anilines is 2. The standard InChI is InChI=1S/C25H25Cl2N5O2/c1-31-9-11-32(12-10-31)16-21-6-5-18(15-28-21)25(34)29-20-7-8-22(27)23(14-20)30-24(33)17-3-2-4-19(26)13-17/h2-8,13-15H,9-12,16H2,1H3,(H,29,34)(H,30,33). The zero-order chi connectivity index (χ0) is 24.1. The molecule has 176 valence electrons. The van der Waals surface area contributed by atoms with Crippen LogP contribution in [0.5, 0.6) is 0 Å². The summed E-state index contributed by atoms with van der Waals surface area (Å²) in [5.41, 5.74) is 2.66. The first kappa shape index (κ1) is 24.2. The second kappa shape index (κ2) is 11.0. The Bertz CT molecular complexity index is 1180. The number of amides is 2. The lowest BCUT2D eigenvalue weighted by Gasteiger charge is -2.32. The van der Waals surface area contributed by atoms with Gasteiger partial charge in [-0.3, -0.25) is 19.5 Å². The summed E-state index contributed by atoms with van der Waals surface area (Å²) in [5.74, 6) is -0.652. The molecule has 0 aliphatic carbocycles. The first-order chi connectivity index (χ1) is 16.4. The summed E-state index contributed by atoms with van der Waals surface area (Å²) in [7, 11) is 2.12. The van der Waals surface area contributed by atoms with Crippen molar-refractivity contribution in [3.63, 3.8) is 0 Å². The Balaban J connectivity index is 1.38. The van der Waals surface area contributed by atoms with Gasteiger partial charge >= 0.3 is 0 Å². The van der Waals surface area contributed by atoms with Crippen LogP contribution in [0.3, 0.4) is 0 Å². The van der Waals surface area contributed by atoms with Gasteiger partial charge in [0.05, 0.1) is 22.0 Å². The van der Waals surface area contributed by atoms with E-state index < -0.39 is 0 Å². The van der Waals surface area contributed by atoms with Crippen LogP contribution in [0, 0.1) is 0 Å². The molecule has 2 N–H and O–H groups in total. The molecule has 1 aromatic heterocycles. The van der Waals surface area contributed by atoms with E-state index in [1.165, 1.54) is 0 Å². The highest BCUT2D eigenvalue weighted by molar-refractivity contribution is 6.34. The van der Waals surface area contributed by atoms with Crippen molar-refractivity contribution in [1.29, 1.82) is 0 Å². The van der Waals surface area contributed by atoms with E-state index in [1.54, 1.807) is 54.7 Å². The maximum Gasteiger partial charge on any atom is 0.257 e. The molecule has 0 bridgehead atoms. The molecular formula is C25H25Cl2N5O2. The lowest BCUT2D eigenvalue weighted by Crippen LogP contribution is -2.44. The third kappa shape index (κ3) is 6.33. The Hall–Kier alpha value is -2.97. The van der Waals surface area contributed by atoms with Crippen LogP contribution in [0.2, 0.25) is 10.0 Å². The number of nitrogens with zero attached hydrogens (tertiary/aromatic N) is 3. The fourth-order valence-electron chi connectivity index (χ4n) is 3.61. The monoisotopic (exact) mass is 497 g/mol. The van der Waals surface area contributed by atoms with E-state index >= 15 is 0 Å². The number of rotatable bonds is 6. The quantitative estimate of drug-likeness (QED) is 0.518. The Morgan fingerprint density at radius 2 is 1.68 bits per heavy atom. The number of hydrogen-bond donors (Lipinski definition) is 2. The number of piperazine rings is 1. The van der Waals surface area contributed by atoms with Crippen LogP contribution in [0.25, 0.3) is 0 Å². The molecule has 1 aliphatic heterocycles. The highest BCUT2D eigenvalue weighted by atomic mass is 35.5. The topological polar surface area (TPSA) is 77.6 Å². The van der Waals surface area contributed by atoms with Crippen LogP contribution in [-0.4, -0.2) is 59.8 Å². The SMILES string of the molecule is CN1CCN(Cc2ccc(C(=O)Nc3ccc(Cl)c(NC(=O)c4cccc(Cl)c4)c3)cn2)CC1. The van der Waals surface area contributed by atoms with Crippen molar-refractivity contribution >= 4 is 46.4 Å². The Kier molecular flexibility index (Phi) is 7.80. The van der Waals surface area contributed by atoms with Crippen molar-refractivity contribution < 1.29 is 9.59 Å². The number of hydrogen-bond acceptors (Lipinski definition) is 5. The Morgan fingerprint density at radius 1 is 0.912 bits per heavy atom. The minimum atomic E-state index is -0.354. The van der Waals surface area contributed by atoms with Crippen molar-refractivity contribution in [2.24, 2.45) is 0 Å². The van der Waals surface area contributed by atoms with Gasteiger partial charge in [-0.25, -0.2) is 0 Å². The van der Waals surface area contributed by atoms with E-state index in [2.05, 4.69) is 32.5 Å². The second-order valence-corrected chi connectivity index (χ2v) is 9.07. The average Bonchev–Trinajstić information content (AvgIpc) is 2.83. The van der Waals surface area contributed by atoms with Crippen LogP contribution in [-0.2, 0) is 6.54 Å². The van der Waals surface area contributed by atoms with Gasteiger partial charge in [-0.05, 0) is 55.6 Å². The van der Waals surface area contributed by atoms with Gasteiger partial charge in [0.25, 0.3) is 11.8 Å². The van der Waals surface area contributed by atoms with Gasteiger partial charge in [-0.1, -0.05) is 29.3 Å². The number of carbonyl (C=O) groups is 2. The molecule has 0 spiro atoms. The molecule has 3 aromatic rings. The van der Waals surface area contributed by atoms with Gasteiger partial charge in [0.1, 0.15) is 0 Å². The van der Waals surface area contributed by atoms with Crippen molar-refractivity contribution in [1.82, 2.24) is 14.8 Å². The molecule has 0 saturated carbocycles. The summed E-state index contributed by atoms with van der Waals surface area (Å²) in [5, 5.41) is 6.39. The first-order valence-electron chi connectivity index (χ1n) is 10.9. The number of aromatic nitrogens is 1. The van der Waals surface area contributed by atoms with E-state index in [0.29, 0.717) is 32.5 Å². The van der Waals surface area contributed by atoms with Gasteiger partial charge in [0.2, 0.25) is 0 Å². The summed E-state index contributed by atoms with van der Waals surface area (Å²) in [6.45, 7) is 4.87. The molecule has 4 rings (SSSR count). The molecule has 34 heavy (non-hydrogen) atoms. The smallest absolute Gasteiger partial charge is 0.257 e. The molecule has 2 amide bonds. The molecule has 0 radical (unpaired) electrons. The number of pyridine rings is 1. The fraction of sp³-hybridized carbons (Fsp3) is 0.240. The maximum atomic E-state index is 12.7. The van der Waals surface area contributed by atoms with E-state index in [9.17, 15) is 9.59 Å². The van der Waals surface area contributed by atoms with E-state index in [-0.39, 0.29) is 11.8 Å². The van der Waals surface area contributed by atoms with Gasteiger partial charge < -0.3 is 15.5 Å². The molecule has 1 aliphatic rings. The van der Waals surface area contributed by atoms with Crippen molar-refractivity contribution in [3.05, 3.63) is 87.7 Å². The molecule has 1 fully saturated rings. The molecule has 2 heterocycles. The third-order valence-corrected chi connectivity index (χ3v) is 6.19. The number of carbonyl (C=O) groups excluding carboxylic acids is 2. The lowest BCUT2D eigenvalue weighted by molar-refractivity contribution is 0.101. The van der Waals surface area contributed by atoms with Gasteiger partial charge in [0.15, 0.2) is 0 Å². The summed E-state index contributed by atoms with van der Waals surface area (Å²) < 4.78 is 0. The predicted octanol–water partition coefficient (Wildman–Crippen LogP) is 4.64. The van der Waals surface area contributed by atoms with Crippen molar-refractivity contribution in [2.45, 2.75) is 6.54 Å². The van der Waals surface area contributed by atoms with Crippen molar-refractivity contribution in [3.8, 4) is 0 Å². The first-order valence-corrected chi connectivity index (χ1v) is 11.7. The highest BCUT2D eigenvalue weighted by Crippen LogP contribution is 2.27. The summed E-state index contributed by atoms with van der Waals surface area (Å²) in [6.07, 6.45) is 1.58. The molecule has 9 heteroatoms. The number of nitrogens with one attached hydrogen (secondary N) is 2. The summed E-state index contributed by atoms with van der Waals surface area (Å²) in [4.78, 5) is 34.4. The molecule has 7 nitrogen and oxygen atoms in total. The Morgan fingerprint density at radius 3 is 2.38 bits per heavy atom. The highest BCUT2D eigenvalue weighted by Gasteiger charge is 2.15. The zero-order valence-electron chi connectivity index (χ0n) is 18.7. The second-order valence-electron chi connectivity index (χ2n) is 8.23. The van der Waals surface area contributed by atoms with Gasteiger partial charge in [0, 0.05) is 55.2 Å². The average molecular weight is 498 g/mol. The molecule has 2 aromatic carbocycles. The molecular weight excluding hydrogens is 473 g/mol. The Labute approximate surface area is 208 Å². The van der Waals surface area contributed by atoms with E-state index in [1.807, 2.05) is 6.07 Å². The van der Waals surface area contributed by atoms with E-state index in [4.69, 9.17) is 23.2 Å². The largest absolute Gasteiger partial charge is 0.322 e. The number of halogens is 2. The normalized spacial score (nSPS) is 14.6. The van der Waals surface area contributed by atoms with Gasteiger partial charge in [-0.2, -0.15) is 0 Å². The lowest BCUT2D eigenvalue weighted by atomic mass is 10.2. The number of benzene rings is 2. The fourth-order valence-corrected chi connectivity index (χ4v) is 3.97. The molecule has 1 saturated heterocycles. The van der Waals surface area contributed by atoms with Crippen LogP contribution < -0.4 is 10.6 Å². The molecule has 0 unspecified atom stereocenters. The van der Waals surface area contributed by atoms with Crippen LogP contribution in [0.15, 0.2) is 60.8 Å². The van der Waals surface area contributed by atoms with Crippen LogP contribution in [0.4, 0.5) is 11.4 Å². The molecule has 0 atom stereocenters. The van der Waals surface area contributed by atoms with Crippen molar-refractivity contribution in [2.75, 3.05) is 43.9 Å². The summed E-state index contributed by atoms with van der Waals surface area (Å²) in [6, 6.07) is 15.1.